The van der Waals surface area contributed by atoms with Crippen molar-refractivity contribution in [2.45, 2.75) is 0 Å². The zero-order valence-corrected chi connectivity index (χ0v) is 9.36. The summed E-state index contributed by atoms with van der Waals surface area (Å²) in [5.74, 6) is 5.95. The molecule has 74 valence electrons. The van der Waals surface area contributed by atoms with E-state index in [0.29, 0.717) is 6.54 Å². The second-order valence-corrected chi connectivity index (χ2v) is 3.04. The van der Waals surface area contributed by atoms with Crippen molar-refractivity contribution in [2.75, 3.05) is 18.4 Å². The van der Waals surface area contributed by atoms with E-state index < -0.39 is 0 Å². The lowest BCUT2D eigenvalue weighted by Gasteiger charge is -2.04. The first kappa shape index (κ1) is 12.6. The summed E-state index contributed by atoms with van der Waals surface area (Å²) in [7, 11) is 0. The summed E-state index contributed by atoms with van der Waals surface area (Å²) in [5.41, 5.74) is 2.55. The average Bonchev–Trinajstić information content (AvgIpc) is 2.05. The van der Waals surface area contributed by atoms with E-state index in [1.54, 1.807) is 0 Å². The molecular formula is C7H12BrClN4. The monoisotopic (exact) mass is 266 g/mol. The normalized spacial score (nSPS) is 9.08. The molecule has 0 saturated carbocycles. The van der Waals surface area contributed by atoms with Crippen LogP contribution in [0.25, 0.3) is 0 Å². The summed E-state index contributed by atoms with van der Waals surface area (Å²) in [6, 6.07) is 5.71. The van der Waals surface area contributed by atoms with Crippen molar-refractivity contribution in [2.24, 2.45) is 5.84 Å². The number of halogens is 2. The van der Waals surface area contributed by atoms with Crippen molar-refractivity contribution < 1.29 is 0 Å². The highest BCUT2D eigenvalue weighted by Crippen LogP contribution is 2.09. The largest absolute Gasteiger partial charge is 0.369 e. The maximum Gasteiger partial charge on any atom is 0.127 e. The number of hydrogen-bond donors (Lipinski definition) is 3. The lowest BCUT2D eigenvalue weighted by atomic mass is 10.4. The van der Waals surface area contributed by atoms with Gasteiger partial charge in [-0.05, 0) is 28.1 Å². The molecule has 0 aliphatic carbocycles. The fourth-order valence-corrected chi connectivity index (χ4v) is 1.11. The van der Waals surface area contributed by atoms with Crippen LogP contribution < -0.4 is 16.6 Å². The van der Waals surface area contributed by atoms with Crippen molar-refractivity contribution >= 4 is 34.2 Å². The quantitative estimate of drug-likeness (QED) is 0.331. The fraction of sp³-hybridized carbons (Fsp3) is 0.286. The summed E-state index contributed by atoms with van der Waals surface area (Å²) in [6.45, 7) is 1.48. The van der Waals surface area contributed by atoms with Gasteiger partial charge in [0.05, 0.1) is 0 Å². The number of rotatable bonds is 4. The van der Waals surface area contributed by atoms with Crippen molar-refractivity contribution in [1.29, 1.82) is 0 Å². The second kappa shape index (κ2) is 7.08. The Morgan fingerprint density at radius 3 is 2.77 bits per heavy atom. The van der Waals surface area contributed by atoms with Crippen LogP contribution in [0.4, 0.5) is 5.82 Å². The van der Waals surface area contributed by atoms with Gasteiger partial charge in [-0.1, -0.05) is 6.07 Å². The van der Waals surface area contributed by atoms with E-state index in [1.165, 1.54) is 0 Å². The minimum atomic E-state index is 0. The highest BCUT2D eigenvalue weighted by atomic mass is 79.9. The molecule has 0 spiro atoms. The highest BCUT2D eigenvalue weighted by molar-refractivity contribution is 9.10. The molecule has 0 amide bonds. The summed E-state index contributed by atoms with van der Waals surface area (Å²) in [4.78, 5) is 4.18. The molecule has 1 aromatic heterocycles. The SMILES string of the molecule is Cl.NNCCNc1cccc(Br)n1. The molecular weight excluding hydrogens is 255 g/mol. The van der Waals surface area contributed by atoms with E-state index in [0.717, 1.165) is 17.0 Å². The predicted molar refractivity (Wildman–Crippen MR) is 59.9 cm³/mol. The molecule has 13 heavy (non-hydrogen) atoms. The molecule has 0 bridgehead atoms. The second-order valence-electron chi connectivity index (χ2n) is 2.23. The molecule has 0 atom stereocenters. The molecule has 1 heterocycles. The van der Waals surface area contributed by atoms with Crippen LogP contribution in [0.5, 0.6) is 0 Å². The van der Waals surface area contributed by atoms with Gasteiger partial charge < -0.3 is 5.32 Å². The van der Waals surface area contributed by atoms with E-state index in [-0.39, 0.29) is 12.4 Å². The molecule has 0 unspecified atom stereocenters. The van der Waals surface area contributed by atoms with E-state index in [9.17, 15) is 0 Å². The molecule has 1 aromatic rings. The Morgan fingerprint density at radius 1 is 1.38 bits per heavy atom. The number of nitrogens with one attached hydrogen (secondary N) is 2. The first-order valence-electron chi connectivity index (χ1n) is 3.63. The molecule has 0 aliphatic rings. The van der Waals surface area contributed by atoms with Gasteiger partial charge >= 0.3 is 0 Å². The van der Waals surface area contributed by atoms with E-state index >= 15 is 0 Å². The third-order valence-electron chi connectivity index (χ3n) is 1.29. The molecule has 6 heteroatoms. The summed E-state index contributed by atoms with van der Waals surface area (Å²) >= 11 is 3.28. The van der Waals surface area contributed by atoms with Crippen LogP contribution in [-0.4, -0.2) is 18.1 Å². The van der Waals surface area contributed by atoms with Crippen LogP contribution in [0.15, 0.2) is 22.8 Å². The van der Waals surface area contributed by atoms with Crippen molar-refractivity contribution in [3.05, 3.63) is 22.8 Å². The van der Waals surface area contributed by atoms with Crippen LogP contribution in [-0.2, 0) is 0 Å². The van der Waals surface area contributed by atoms with E-state index in [1.807, 2.05) is 18.2 Å². The number of hydrogen-bond acceptors (Lipinski definition) is 4. The van der Waals surface area contributed by atoms with Crippen LogP contribution in [0.1, 0.15) is 0 Å². The highest BCUT2D eigenvalue weighted by Gasteiger charge is 1.92. The lowest BCUT2D eigenvalue weighted by molar-refractivity contribution is 0.752. The van der Waals surface area contributed by atoms with Crippen LogP contribution in [0.2, 0.25) is 0 Å². The Bertz CT molecular complexity index is 246. The topological polar surface area (TPSA) is 63.0 Å². The zero-order valence-electron chi connectivity index (χ0n) is 6.96. The minimum absolute atomic E-state index is 0. The number of nitrogens with two attached hydrogens (primary N) is 1. The van der Waals surface area contributed by atoms with Gasteiger partial charge in [0.1, 0.15) is 10.4 Å². The molecule has 0 aliphatic heterocycles. The maximum atomic E-state index is 5.10. The summed E-state index contributed by atoms with van der Waals surface area (Å²) in [5, 5.41) is 3.10. The van der Waals surface area contributed by atoms with Gasteiger partial charge in [0, 0.05) is 13.1 Å². The van der Waals surface area contributed by atoms with Gasteiger partial charge in [-0.2, -0.15) is 0 Å². The van der Waals surface area contributed by atoms with Gasteiger partial charge in [-0.15, -0.1) is 12.4 Å². The molecule has 0 saturated heterocycles. The first-order valence-corrected chi connectivity index (χ1v) is 4.42. The zero-order chi connectivity index (χ0) is 8.81. The Balaban J connectivity index is 0.00000144. The van der Waals surface area contributed by atoms with Crippen LogP contribution in [0, 0.1) is 0 Å². The summed E-state index contributed by atoms with van der Waals surface area (Å²) < 4.78 is 0.827. The van der Waals surface area contributed by atoms with Gasteiger partial charge in [-0.25, -0.2) is 4.98 Å². The van der Waals surface area contributed by atoms with Gasteiger partial charge in [-0.3, -0.25) is 11.3 Å². The minimum Gasteiger partial charge on any atom is -0.369 e. The number of anilines is 1. The van der Waals surface area contributed by atoms with Crippen LogP contribution in [0.3, 0.4) is 0 Å². The van der Waals surface area contributed by atoms with Crippen molar-refractivity contribution in [3.63, 3.8) is 0 Å². The third kappa shape index (κ3) is 5.05. The molecule has 0 fully saturated rings. The Labute approximate surface area is 91.8 Å². The summed E-state index contributed by atoms with van der Waals surface area (Å²) in [6.07, 6.45) is 0. The molecule has 1 rings (SSSR count). The molecule has 0 aromatic carbocycles. The van der Waals surface area contributed by atoms with E-state index in [4.69, 9.17) is 5.84 Å². The van der Waals surface area contributed by atoms with Crippen molar-refractivity contribution in [3.8, 4) is 0 Å². The Hall–Kier alpha value is -0.360. The Morgan fingerprint density at radius 2 is 2.15 bits per heavy atom. The van der Waals surface area contributed by atoms with Crippen molar-refractivity contribution in [1.82, 2.24) is 10.4 Å². The van der Waals surface area contributed by atoms with Gasteiger partial charge in [0.2, 0.25) is 0 Å². The number of hydrazine groups is 1. The molecule has 4 N–H and O–H groups in total. The van der Waals surface area contributed by atoms with Gasteiger partial charge in [0.25, 0.3) is 0 Å². The van der Waals surface area contributed by atoms with Crippen LogP contribution >= 0.6 is 28.3 Å². The third-order valence-corrected chi connectivity index (χ3v) is 1.73. The molecule has 4 nitrogen and oxygen atoms in total. The number of nitrogens with zero attached hydrogens (tertiary/aromatic N) is 1. The van der Waals surface area contributed by atoms with E-state index in [2.05, 4.69) is 31.7 Å². The number of aromatic nitrogens is 1. The molecule has 0 radical (unpaired) electrons. The van der Waals surface area contributed by atoms with Gasteiger partial charge in [0.15, 0.2) is 0 Å². The predicted octanol–water partition coefficient (Wildman–Crippen LogP) is 1.14. The lowest BCUT2D eigenvalue weighted by Crippen LogP contribution is -2.28. The average molecular weight is 268 g/mol. The number of pyridine rings is 1. The fourth-order valence-electron chi connectivity index (χ4n) is 0.769. The maximum absolute atomic E-state index is 5.10. The first-order chi connectivity index (χ1) is 5.83. The Kier molecular flexibility index (Phi) is 6.89. The standard InChI is InChI=1S/C7H11BrN4.ClH/c8-6-2-1-3-7(12-6)10-4-5-11-9;/h1-3,11H,4-5,9H2,(H,10,12);1H. The smallest absolute Gasteiger partial charge is 0.127 e.